The smallest absolute Gasteiger partial charge is 0.246 e. The molecule has 0 aromatic heterocycles. The minimum atomic E-state index is -0.415. The number of para-hydroxylation sites is 2. The van der Waals surface area contributed by atoms with E-state index in [0.717, 1.165) is 25.1 Å². The van der Waals surface area contributed by atoms with E-state index in [1.54, 1.807) is 18.2 Å². The Morgan fingerprint density at radius 2 is 1.91 bits per heavy atom. The van der Waals surface area contributed by atoms with Gasteiger partial charge in [-0.3, -0.25) is 4.79 Å². The predicted octanol–water partition coefficient (Wildman–Crippen LogP) is 3.61. The Labute approximate surface area is 129 Å². The largest absolute Gasteiger partial charge is 0.360 e. The summed E-state index contributed by atoms with van der Waals surface area (Å²) < 4.78 is 13.7. The fourth-order valence-corrected chi connectivity index (χ4v) is 2.91. The monoisotopic (exact) mass is 298 g/mol. The average molecular weight is 298 g/mol. The number of anilines is 2. The molecule has 1 aliphatic heterocycles. The normalized spacial score (nSPS) is 15.1. The van der Waals surface area contributed by atoms with E-state index < -0.39 is 5.82 Å². The molecular weight excluding hydrogens is 279 g/mol. The molecule has 0 saturated heterocycles. The lowest BCUT2D eigenvalue weighted by Gasteiger charge is -2.35. The van der Waals surface area contributed by atoms with Crippen LogP contribution in [-0.4, -0.2) is 18.5 Å². The summed E-state index contributed by atoms with van der Waals surface area (Å²) in [5, 5.41) is 2.68. The number of hydrogen-bond donors (Lipinski definition) is 1. The molecule has 2 aromatic carbocycles. The summed E-state index contributed by atoms with van der Waals surface area (Å²) in [6.45, 7) is 2.70. The standard InChI is InChI=1S/C18H19FN2O/c1-13(18(22)20-16-10-4-3-9-15(16)19)21-12-6-8-14-7-2-5-11-17(14)21/h2-5,7,9-11,13H,6,8,12H2,1H3,(H,20,22)/t13-/m0/s1. The Kier molecular flexibility index (Phi) is 4.09. The summed E-state index contributed by atoms with van der Waals surface area (Å²) >= 11 is 0. The number of amides is 1. The maximum Gasteiger partial charge on any atom is 0.246 e. The highest BCUT2D eigenvalue weighted by atomic mass is 19.1. The van der Waals surface area contributed by atoms with Gasteiger partial charge in [0.15, 0.2) is 0 Å². The third kappa shape index (κ3) is 2.82. The predicted molar refractivity (Wildman–Crippen MR) is 86.6 cm³/mol. The van der Waals surface area contributed by atoms with E-state index in [2.05, 4.69) is 16.3 Å². The number of nitrogens with zero attached hydrogens (tertiary/aromatic N) is 1. The van der Waals surface area contributed by atoms with Crippen LogP contribution in [0.25, 0.3) is 0 Å². The Morgan fingerprint density at radius 1 is 1.18 bits per heavy atom. The molecule has 1 heterocycles. The first-order valence-corrected chi connectivity index (χ1v) is 7.57. The first kappa shape index (κ1) is 14.6. The first-order chi connectivity index (χ1) is 10.7. The van der Waals surface area contributed by atoms with Crippen LogP contribution < -0.4 is 10.2 Å². The molecule has 4 heteroatoms. The van der Waals surface area contributed by atoms with E-state index in [0.29, 0.717) is 0 Å². The fourth-order valence-electron chi connectivity index (χ4n) is 2.91. The van der Waals surface area contributed by atoms with E-state index in [9.17, 15) is 9.18 Å². The molecule has 0 unspecified atom stereocenters. The van der Waals surface area contributed by atoms with Gasteiger partial charge in [-0.15, -0.1) is 0 Å². The molecular formula is C18H19FN2O. The van der Waals surface area contributed by atoms with Crippen molar-refractivity contribution in [1.29, 1.82) is 0 Å². The number of aryl methyl sites for hydroxylation is 1. The Hall–Kier alpha value is -2.36. The number of nitrogens with one attached hydrogen (secondary N) is 1. The van der Waals surface area contributed by atoms with Crippen molar-refractivity contribution in [3.05, 3.63) is 59.9 Å². The van der Waals surface area contributed by atoms with Gasteiger partial charge in [0.1, 0.15) is 11.9 Å². The zero-order chi connectivity index (χ0) is 15.5. The van der Waals surface area contributed by atoms with Crippen LogP contribution in [0.4, 0.5) is 15.8 Å². The minimum Gasteiger partial charge on any atom is -0.360 e. The van der Waals surface area contributed by atoms with Crippen LogP contribution >= 0.6 is 0 Å². The summed E-state index contributed by atoms with van der Waals surface area (Å²) in [5.41, 5.74) is 2.59. The van der Waals surface area contributed by atoms with Gasteiger partial charge < -0.3 is 10.2 Å². The van der Waals surface area contributed by atoms with E-state index in [1.807, 2.05) is 25.1 Å². The molecule has 0 saturated carbocycles. The highest BCUT2D eigenvalue weighted by Crippen LogP contribution is 2.28. The Morgan fingerprint density at radius 3 is 2.73 bits per heavy atom. The molecule has 22 heavy (non-hydrogen) atoms. The summed E-state index contributed by atoms with van der Waals surface area (Å²) in [6.07, 6.45) is 2.06. The van der Waals surface area contributed by atoms with Crippen molar-refractivity contribution in [3.8, 4) is 0 Å². The van der Waals surface area contributed by atoms with Gasteiger partial charge in [-0.25, -0.2) is 4.39 Å². The molecule has 0 fully saturated rings. The molecule has 0 radical (unpaired) electrons. The topological polar surface area (TPSA) is 32.3 Å². The quantitative estimate of drug-likeness (QED) is 0.939. The Balaban J connectivity index is 1.78. The molecule has 1 aliphatic rings. The van der Waals surface area contributed by atoms with Crippen LogP contribution in [0.1, 0.15) is 18.9 Å². The minimum absolute atomic E-state index is 0.193. The van der Waals surface area contributed by atoms with Crippen LogP contribution in [0.3, 0.4) is 0 Å². The summed E-state index contributed by atoms with van der Waals surface area (Å²) in [5.74, 6) is -0.608. The van der Waals surface area contributed by atoms with Crippen LogP contribution in [0.2, 0.25) is 0 Å². The van der Waals surface area contributed by atoms with Crippen LogP contribution in [0.5, 0.6) is 0 Å². The van der Waals surface area contributed by atoms with Gasteiger partial charge in [0, 0.05) is 12.2 Å². The van der Waals surface area contributed by atoms with Crippen LogP contribution in [0.15, 0.2) is 48.5 Å². The molecule has 3 rings (SSSR count). The van der Waals surface area contributed by atoms with Gasteiger partial charge in [-0.1, -0.05) is 30.3 Å². The number of carbonyl (C=O) groups is 1. The second-order valence-electron chi connectivity index (χ2n) is 5.57. The molecule has 0 spiro atoms. The van der Waals surface area contributed by atoms with Gasteiger partial charge in [0.05, 0.1) is 5.69 Å². The first-order valence-electron chi connectivity index (χ1n) is 7.57. The van der Waals surface area contributed by atoms with E-state index >= 15 is 0 Å². The molecule has 1 N–H and O–H groups in total. The van der Waals surface area contributed by atoms with Gasteiger partial charge >= 0.3 is 0 Å². The number of rotatable bonds is 3. The van der Waals surface area contributed by atoms with Crippen LogP contribution in [-0.2, 0) is 11.2 Å². The number of carbonyl (C=O) groups excluding carboxylic acids is 1. The van der Waals surface area contributed by atoms with Crippen molar-refractivity contribution < 1.29 is 9.18 Å². The number of fused-ring (bicyclic) bond motifs is 1. The molecule has 1 atom stereocenters. The maximum atomic E-state index is 13.7. The molecule has 3 nitrogen and oxygen atoms in total. The second-order valence-corrected chi connectivity index (χ2v) is 5.57. The van der Waals surface area contributed by atoms with Gasteiger partial charge in [-0.2, -0.15) is 0 Å². The number of hydrogen-bond acceptors (Lipinski definition) is 2. The summed E-state index contributed by atoms with van der Waals surface area (Å²) in [7, 11) is 0. The SMILES string of the molecule is C[C@@H](C(=O)Nc1ccccc1F)N1CCCc2ccccc21. The summed E-state index contributed by atoms with van der Waals surface area (Å²) in [4.78, 5) is 14.5. The summed E-state index contributed by atoms with van der Waals surface area (Å²) in [6, 6.07) is 14.0. The maximum absolute atomic E-state index is 13.7. The van der Waals surface area contributed by atoms with Gasteiger partial charge in [0.25, 0.3) is 0 Å². The third-order valence-corrected chi connectivity index (χ3v) is 4.12. The fraction of sp³-hybridized carbons (Fsp3) is 0.278. The van der Waals surface area contributed by atoms with Crippen molar-refractivity contribution in [1.82, 2.24) is 0 Å². The van der Waals surface area contributed by atoms with Crippen molar-refractivity contribution in [3.63, 3.8) is 0 Å². The van der Waals surface area contributed by atoms with Gasteiger partial charge in [-0.05, 0) is 43.5 Å². The van der Waals surface area contributed by atoms with E-state index in [1.165, 1.54) is 11.6 Å². The van der Waals surface area contributed by atoms with Crippen molar-refractivity contribution in [2.75, 3.05) is 16.8 Å². The number of benzene rings is 2. The molecule has 2 aromatic rings. The molecule has 114 valence electrons. The lowest BCUT2D eigenvalue weighted by atomic mass is 10.00. The zero-order valence-electron chi connectivity index (χ0n) is 12.6. The third-order valence-electron chi connectivity index (χ3n) is 4.12. The van der Waals surface area contributed by atoms with Crippen molar-refractivity contribution >= 4 is 17.3 Å². The number of halogens is 1. The lowest BCUT2D eigenvalue weighted by molar-refractivity contribution is -0.117. The molecule has 1 amide bonds. The zero-order valence-corrected chi connectivity index (χ0v) is 12.6. The van der Waals surface area contributed by atoms with Crippen molar-refractivity contribution in [2.45, 2.75) is 25.8 Å². The average Bonchev–Trinajstić information content (AvgIpc) is 2.55. The van der Waals surface area contributed by atoms with Crippen molar-refractivity contribution in [2.24, 2.45) is 0 Å². The lowest BCUT2D eigenvalue weighted by Crippen LogP contribution is -2.44. The van der Waals surface area contributed by atoms with Crippen LogP contribution in [0, 0.1) is 5.82 Å². The molecule has 0 bridgehead atoms. The van der Waals surface area contributed by atoms with Gasteiger partial charge in [0.2, 0.25) is 5.91 Å². The highest BCUT2D eigenvalue weighted by Gasteiger charge is 2.26. The molecule has 0 aliphatic carbocycles. The second kappa shape index (κ2) is 6.18. The highest BCUT2D eigenvalue weighted by molar-refractivity contribution is 5.96. The Bertz CT molecular complexity index is 686. The van der Waals surface area contributed by atoms with E-state index in [4.69, 9.17) is 0 Å². The van der Waals surface area contributed by atoms with E-state index in [-0.39, 0.29) is 17.6 Å².